The minimum absolute atomic E-state index is 0.00472. The number of rotatable bonds is 3. The van der Waals surface area contributed by atoms with Gasteiger partial charge in [0, 0.05) is 37.6 Å². The van der Waals surface area contributed by atoms with Crippen LogP contribution in [-0.2, 0) is 11.3 Å². The number of nitrogens with zero attached hydrogens (tertiary/aromatic N) is 3. The van der Waals surface area contributed by atoms with E-state index in [1.807, 2.05) is 12.4 Å². The first kappa shape index (κ1) is 14.5. The summed E-state index contributed by atoms with van der Waals surface area (Å²) in [5.41, 5.74) is 2.59. The van der Waals surface area contributed by atoms with E-state index in [0.717, 1.165) is 51.1 Å². The molecule has 1 aromatic rings. The molecule has 2 aliphatic heterocycles. The van der Waals surface area contributed by atoms with Crippen molar-refractivity contribution in [3.05, 3.63) is 29.6 Å². The normalized spacial score (nSPS) is 22.1. The van der Waals surface area contributed by atoms with Gasteiger partial charge in [-0.1, -0.05) is 11.6 Å². The molecule has 5 heteroatoms. The Balaban J connectivity index is 1.57. The van der Waals surface area contributed by atoms with E-state index in [1.165, 1.54) is 5.57 Å². The highest BCUT2D eigenvalue weighted by molar-refractivity contribution is 5.15. The molecule has 3 heterocycles. The predicted octanol–water partition coefficient (Wildman–Crippen LogP) is 2.19. The number of hydrogen-bond donors (Lipinski definition) is 0. The number of aromatic nitrogens is 2. The molecular weight excluding hydrogens is 266 g/mol. The van der Waals surface area contributed by atoms with Crippen LogP contribution in [0.3, 0.4) is 0 Å². The Kier molecular flexibility index (Phi) is 4.22. The zero-order chi connectivity index (χ0) is 14.7. The SMILES string of the molecule is COc1ncc(CN2CCC3(C=C(C)CCO3)CC2)cn1. The summed E-state index contributed by atoms with van der Waals surface area (Å²) >= 11 is 0. The van der Waals surface area contributed by atoms with Crippen molar-refractivity contribution in [3.8, 4) is 6.01 Å². The second kappa shape index (κ2) is 6.12. The fourth-order valence-electron chi connectivity index (χ4n) is 3.14. The van der Waals surface area contributed by atoms with Gasteiger partial charge in [-0.2, -0.15) is 0 Å². The fourth-order valence-corrected chi connectivity index (χ4v) is 3.14. The molecule has 114 valence electrons. The summed E-state index contributed by atoms with van der Waals surface area (Å²) in [6.07, 6.45) is 9.26. The predicted molar refractivity (Wildman–Crippen MR) is 80.2 cm³/mol. The Labute approximate surface area is 126 Å². The molecule has 0 unspecified atom stereocenters. The molecule has 1 spiro atoms. The summed E-state index contributed by atoms with van der Waals surface area (Å²) in [6, 6.07) is 0.424. The maximum absolute atomic E-state index is 6.06. The average Bonchev–Trinajstić information content (AvgIpc) is 2.51. The van der Waals surface area contributed by atoms with Gasteiger partial charge in [0.1, 0.15) is 0 Å². The Hall–Kier alpha value is -1.46. The van der Waals surface area contributed by atoms with E-state index in [4.69, 9.17) is 9.47 Å². The topological polar surface area (TPSA) is 47.5 Å². The van der Waals surface area contributed by atoms with E-state index in [9.17, 15) is 0 Å². The second-order valence-corrected chi connectivity index (χ2v) is 6.01. The number of methoxy groups -OCH3 is 1. The third-order valence-electron chi connectivity index (χ3n) is 4.37. The van der Waals surface area contributed by atoms with Crippen molar-refractivity contribution in [2.45, 2.75) is 38.3 Å². The smallest absolute Gasteiger partial charge is 0.316 e. The van der Waals surface area contributed by atoms with Crippen LogP contribution in [0.1, 0.15) is 31.7 Å². The molecule has 0 saturated carbocycles. The standard InChI is InChI=1S/C16H23N3O2/c1-13-3-8-21-16(9-13)4-6-19(7-5-16)12-14-10-17-15(20-2)18-11-14/h9-11H,3-8,12H2,1-2H3. The Morgan fingerprint density at radius 3 is 2.62 bits per heavy atom. The van der Waals surface area contributed by atoms with E-state index < -0.39 is 0 Å². The van der Waals surface area contributed by atoms with Gasteiger partial charge in [-0.25, -0.2) is 9.97 Å². The van der Waals surface area contributed by atoms with E-state index in [2.05, 4.69) is 27.9 Å². The van der Waals surface area contributed by atoms with Crippen molar-refractivity contribution in [2.75, 3.05) is 26.8 Å². The minimum Gasteiger partial charge on any atom is -0.467 e. The van der Waals surface area contributed by atoms with Crippen LogP contribution in [0.2, 0.25) is 0 Å². The number of ether oxygens (including phenoxy) is 2. The van der Waals surface area contributed by atoms with Crippen LogP contribution >= 0.6 is 0 Å². The third kappa shape index (κ3) is 3.41. The molecule has 0 N–H and O–H groups in total. The average molecular weight is 289 g/mol. The van der Waals surface area contributed by atoms with Crippen LogP contribution < -0.4 is 4.74 Å². The number of hydrogen-bond acceptors (Lipinski definition) is 5. The molecule has 0 bridgehead atoms. The van der Waals surface area contributed by atoms with Gasteiger partial charge >= 0.3 is 6.01 Å². The summed E-state index contributed by atoms with van der Waals surface area (Å²) in [6.45, 7) is 6.08. The molecule has 1 saturated heterocycles. The lowest BCUT2D eigenvalue weighted by molar-refractivity contribution is -0.0577. The highest BCUT2D eigenvalue weighted by atomic mass is 16.5. The van der Waals surface area contributed by atoms with Crippen LogP contribution in [0.5, 0.6) is 6.01 Å². The van der Waals surface area contributed by atoms with Gasteiger partial charge in [-0.3, -0.25) is 4.90 Å². The lowest BCUT2D eigenvalue weighted by Crippen LogP contribution is -2.46. The van der Waals surface area contributed by atoms with E-state index >= 15 is 0 Å². The van der Waals surface area contributed by atoms with Gasteiger partial charge in [0.2, 0.25) is 0 Å². The first-order valence-electron chi connectivity index (χ1n) is 7.59. The lowest BCUT2D eigenvalue weighted by atomic mass is 9.87. The zero-order valence-electron chi connectivity index (χ0n) is 12.8. The van der Waals surface area contributed by atoms with Crippen molar-refractivity contribution < 1.29 is 9.47 Å². The molecule has 0 radical (unpaired) electrons. The maximum atomic E-state index is 6.06. The minimum atomic E-state index is -0.00472. The number of piperidine rings is 1. The summed E-state index contributed by atoms with van der Waals surface area (Å²) in [4.78, 5) is 10.8. The van der Waals surface area contributed by atoms with Crippen molar-refractivity contribution in [3.63, 3.8) is 0 Å². The lowest BCUT2D eigenvalue weighted by Gasteiger charge is -2.42. The Morgan fingerprint density at radius 2 is 2.00 bits per heavy atom. The molecule has 1 aromatic heterocycles. The van der Waals surface area contributed by atoms with Crippen LogP contribution in [-0.4, -0.2) is 47.3 Å². The Morgan fingerprint density at radius 1 is 1.29 bits per heavy atom. The second-order valence-electron chi connectivity index (χ2n) is 6.01. The summed E-state index contributed by atoms with van der Waals surface area (Å²) < 4.78 is 11.0. The van der Waals surface area contributed by atoms with Crippen LogP contribution in [0.4, 0.5) is 0 Å². The van der Waals surface area contributed by atoms with Crippen molar-refractivity contribution in [1.82, 2.24) is 14.9 Å². The van der Waals surface area contributed by atoms with Gasteiger partial charge < -0.3 is 9.47 Å². The quantitative estimate of drug-likeness (QED) is 0.798. The van der Waals surface area contributed by atoms with Gasteiger partial charge in [0.25, 0.3) is 0 Å². The molecule has 0 amide bonds. The van der Waals surface area contributed by atoms with Crippen LogP contribution in [0.15, 0.2) is 24.0 Å². The maximum Gasteiger partial charge on any atom is 0.316 e. The van der Waals surface area contributed by atoms with Gasteiger partial charge in [-0.15, -0.1) is 0 Å². The van der Waals surface area contributed by atoms with Gasteiger partial charge in [0.15, 0.2) is 0 Å². The Bertz CT molecular complexity index is 505. The largest absolute Gasteiger partial charge is 0.467 e. The highest BCUT2D eigenvalue weighted by Crippen LogP contribution is 2.33. The molecule has 0 aliphatic carbocycles. The molecule has 21 heavy (non-hydrogen) atoms. The van der Waals surface area contributed by atoms with Crippen molar-refractivity contribution in [1.29, 1.82) is 0 Å². The zero-order valence-corrected chi connectivity index (χ0v) is 12.8. The first-order chi connectivity index (χ1) is 10.2. The molecule has 0 aromatic carbocycles. The molecular formula is C16H23N3O2. The fraction of sp³-hybridized carbons (Fsp3) is 0.625. The van der Waals surface area contributed by atoms with Crippen LogP contribution in [0, 0.1) is 0 Å². The van der Waals surface area contributed by atoms with Crippen LogP contribution in [0.25, 0.3) is 0 Å². The summed E-state index contributed by atoms with van der Waals surface area (Å²) in [5.74, 6) is 0. The number of likely N-dealkylation sites (tertiary alicyclic amines) is 1. The summed E-state index contributed by atoms with van der Waals surface area (Å²) in [5, 5.41) is 0. The van der Waals surface area contributed by atoms with E-state index in [1.54, 1.807) is 7.11 Å². The molecule has 0 atom stereocenters. The third-order valence-corrected chi connectivity index (χ3v) is 4.37. The van der Waals surface area contributed by atoms with Gasteiger partial charge in [-0.05, 0) is 26.2 Å². The highest BCUT2D eigenvalue weighted by Gasteiger charge is 2.35. The van der Waals surface area contributed by atoms with E-state index in [-0.39, 0.29) is 5.60 Å². The monoisotopic (exact) mass is 289 g/mol. The molecule has 2 aliphatic rings. The van der Waals surface area contributed by atoms with Crippen molar-refractivity contribution >= 4 is 0 Å². The molecule has 1 fully saturated rings. The van der Waals surface area contributed by atoms with Gasteiger partial charge in [0.05, 0.1) is 19.3 Å². The summed E-state index contributed by atoms with van der Waals surface area (Å²) in [7, 11) is 1.58. The molecule has 3 rings (SSSR count). The van der Waals surface area contributed by atoms with Crippen molar-refractivity contribution in [2.24, 2.45) is 0 Å². The van der Waals surface area contributed by atoms with E-state index in [0.29, 0.717) is 6.01 Å². The molecule has 5 nitrogen and oxygen atoms in total. The first-order valence-corrected chi connectivity index (χ1v) is 7.59.